The predicted octanol–water partition coefficient (Wildman–Crippen LogP) is 4.34. The second-order valence-corrected chi connectivity index (χ2v) is 8.19. The van der Waals surface area contributed by atoms with Crippen LogP contribution in [0.3, 0.4) is 0 Å². The number of carbonyl (C=O) groups is 1. The van der Waals surface area contributed by atoms with Crippen LogP contribution in [0.5, 0.6) is 34.5 Å². The molecule has 0 bridgehead atoms. The number of benzene rings is 3. The molecule has 1 atom stereocenters. The zero-order chi connectivity index (χ0) is 25.6. The average Bonchev–Trinajstić information content (AvgIpc) is 2.86. The summed E-state index contributed by atoms with van der Waals surface area (Å²) in [6.07, 6.45) is -0.0618. The van der Waals surface area contributed by atoms with Crippen molar-refractivity contribution >= 4 is 16.9 Å². The van der Waals surface area contributed by atoms with Gasteiger partial charge in [-0.2, -0.15) is 0 Å². The van der Waals surface area contributed by atoms with Crippen LogP contribution in [0.2, 0.25) is 0 Å². The molecule has 3 aromatic carbocycles. The van der Waals surface area contributed by atoms with Gasteiger partial charge in [-0.25, -0.2) is 0 Å². The first-order valence-corrected chi connectivity index (χ1v) is 11.0. The van der Waals surface area contributed by atoms with Crippen LogP contribution in [0, 0.1) is 0 Å². The molecule has 0 saturated carbocycles. The van der Waals surface area contributed by atoms with Crippen molar-refractivity contribution in [3.8, 4) is 45.8 Å². The van der Waals surface area contributed by atoms with E-state index in [2.05, 4.69) is 0 Å². The first-order valence-electron chi connectivity index (χ1n) is 11.0. The standard InChI is InChI=1S/C27H22O9/c1-32-19-8-7-13(9-16(19)28)21-11-17(29)25-18(30)12-22-24(27(25)36-21)15(10-23(31)35-22)14-5-4-6-20(33-2)26(14)34-3/h4-9,11-12,15,28,30H,10H2,1-3H3. The van der Waals surface area contributed by atoms with Crippen LogP contribution in [-0.4, -0.2) is 37.5 Å². The number of phenolic OH excluding ortho intramolecular Hbond substituents is 2. The van der Waals surface area contributed by atoms with Crippen molar-refractivity contribution in [2.24, 2.45) is 0 Å². The summed E-state index contributed by atoms with van der Waals surface area (Å²) in [4.78, 5) is 25.7. The molecule has 0 saturated heterocycles. The first kappa shape index (κ1) is 23.1. The van der Waals surface area contributed by atoms with E-state index in [1.807, 2.05) is 0 Å². The highest BCUT2D eigenvalue weighted by atomic mass is 16.5. The first-order chi connectivity index (χ1) is 17.4. The molecule has 0 aliphatic carbocycles. The number of ether oxygens (including phenoxy) is 4. The van der Waals surface area contributed by atoms with Crippen molar-refractivity contribution < 1.29 is 38.4 Å². The van der Waals surface area contributed by atoms with E-state index in [1.165, 1.54) is 39.5 Å². The number of hydrogen-bond donors (Lipinski definition) is 2. The van der Waals surface area contributed by atoms with Crippen LogP contribution in [-0.2, 0) is 4.79 Å². The van der Waals surface area contributed by atoms with Crippen molar-refractivity contribution in [1.29, 1.82) is 0 Å². The summed E-state index contributed by atoms with van der Waals surface area (Å²) in [6.45, 7) is 0. The second-order valence-electron chi connectivity index (χ2n) is 8.19. The molecule has 0 fully saturated rings. The second kappa shape index (κ2) is 8.84. The lowest BCUT2D eigenvalue weighted by molar-refractivity contribution is -0.135. The Labute approximate surface area is 205 Å². The number of hydrogen-bond acceptors (Lipinski definition) is 9. The fourth-order valence-corrected chi connectivity index (χ4v) is 4.60. The van der Waals surface area contributed by atoms with Gasteiger partial charge in [0.25, 0.3) is 0 Å². The topological polar surface area (TPSA) is 125 Å². The van der Waals surface area contributed by atoms with Crippen molar-refractivity contribution in [3.05, 3.63) is 69.9 Å². The molecule has 2 N–H and O–H groups in total. The van der Waals surface area contributed by atoms with E-state index in [1.54, 1.807) is 30.3 Å². The lowest BCUT2D eigenvalue weighted by Crippen LogP contribution is -2.22. The molecule has 184 valence electrons. The summed E-state index contributed by atoms with van der Waals surface area (Å²) < 4.78 is 27.7. The Balaban J connectivity index is 1.81. The maximum absolute atomic E-state index is 13.2. The molecule has 1 aliphatic heterocycles. The van der Waals surface area contributed by atoms with Crippen molar-refractivity contribution in [3.63, 3.8) is 0 Å². The number of para-hydroxylation sites is 1. The van der Waals surface area contributed by atoms with Gasteiger partial charge in [0.2, 0.25) is 0 Å². The third-order valence-corrected chi connectivity index (χ3v) is 6.20. The number of phenols is 2. The highest BCUT2D eigenvalue weighted by molar-refractivity contribution is 5.93. The molecular weight excluding hydrogens is 468 g/mol. The SMILES string of the molecule is COc1ccc(-c2cc(=O)c3c(O)cc4c(c3o2)C(c2cccc(OC)c2OC)CC(=O)O4)cc1O. The number of esters is 1. The molecule has 1 unspecified atom stereocenters. The van der Waals surface area contributed by atoms with Crippen LogP contribution in [0.4, 0.5) is 0 Å². The van der Waals surface area contributed by atoms with Crippen LogP contribution in [0.1, 0.15) is 23.5 Å². The Morgan fingerprint density at radius 3 is 2.36 bits per heavy atom. The van der Waals surface area contributed by atoms with Gasteiger partial charge >= 0.3 is 5.97 Å². The maximum atomic E-state index is 13.2. The number of carbonyl (C=O) groups excluding carboxylic acids is 1. The molecule has 1 aliphatic rings. The van der Waals surface area contributed by atoms with Crippen molar-refractivity contribution in [2.45, 2.75) is 12.3 Å². The maximum Gasteiger partial charge on any atom is 0.312 e. The Kier molecular flexibility index (Phi) is 5.68. The molecule has 0 spiro atoms. The minimum Gasteiger partial charge on any atom is -0.507 e. The van der Waals surface area contributed by atoms with Gasteiger partial charge < -0.3 is 33.6 Å². The van der Waals surface area contributed by atoms with Gasteiger partial charge in [0.05, 0.1) is 27.8 Å². The van der Waals surface area contributed by atoms with E-state index in [-0.39, 0.29) is 46.1 Å². The van der Waals surface area contributed by atoms with Crippen molar-refractivity contribution in [2.75, 3.05) is 21.3 Å². The molecule has 4 aromatic rings. The summed E-state index contributed by atoms with van der Waals surface area (Å²) in [5, 5.41) is 20.8. The van der Waals surface area contributed by atoms with E-state index >= 15 is 0 Å². The number of fused-ring (bicyclic) bond motifs is 3. The summed E-state index contributed by atoms with van der Waals surface area (Å²) >= 11 is 0. The fraction of sp³-hybridized carbons (Fsp3) is 0.185. The molecule has 0 radical (unpaired) electrons. The lowest BCUT2D eigenvalue weighted by atomic mass is 9.84. The van der Waals surface area contributed by atoms with Gasteiger partial charge in [-0.05, 0) is 24.3 Å². The third-order valence-electron chi connectivity index (χ3n) is 6.20. The molecule has 2 heterocycles. The average molecular weight is 490 g/mol. The van der Waals surface area contributed by atoms with E-state index in [0.717, 1.165) is 0 Å². The Morgan fingerprint density at radius 1 is 0.889 bits per heavy atom. The van der Waals surface area contributed by atoms with Crippen LogP contribution >= 0.6 is 0 Å². The quantitative estimate of drug-likeness (QED) is 0.310. The molecule has 36 heavy (non-hydrogen) atoms. The lowest BCUT2D eigenvalue weighted by Gasteiger charge is -2.27. The van der Waals surface area contributed by atoms with Crippen LogP contribution in [0.15, 0.2) is 57.7 Å². The third kappa shape index (κ3) is 3.65. The molecule has 9 nitrogen and oxygen atoms in total. The van der Waals surface area contributed by atoms with Gasteiger partial charge in [-0.1, -0.05) is 12.1 Å². The Morgan fingerprint density at radius 2 is 1.67 bits per heavy atom. The zero-order valence-electron chi connectivity index (χ0n) is 19.7. The van der Waals surface area contributed by atoms with Crippen LogP contribution in [0.25, 0.3) is 22.3 Å². The van der Waals surface area contributed by atoms with E-state index < -0.39 is 17.3 Å². The van der Waals surface area contributed by atoms with E-state index in [9.17, 15) is 19.8 Å². The van der Waals surface area contributed by atoms with Crippen molar-refractivity contribution in [1.82, 2.24) is 0 Å². The van der Waals surface area contributed by atoms with Gasteiger partial charge in [0.15, 0.2) is 28.4 Å². The fourth-order valence-electron chi connectivity index (χ4n) is 4.60. The minimum atomic E-state index is -0.628. The Bertz CT molecular complexity index is 1570. The number of aromatic hydroxyl groups is 2. The minimum absolute atomic E-state index is 0.0555. The Hall–Kier alpha value is -4.66. The highest BCUT2D eigenvalue weighted by Gasteiger charge is 2.35. The molecule has 0 amide bonds. The van der Waals surface area contributed by atoms with Gasteiger partial charge in [0.1, 0.15) is 28.2 Å². The highest BCUT2D eigenvalue weighted by Crippen LogP contribution is 2.49. The summed E-state index contributed by atoms with van der Waals surface area (Å²) in [5.74, 6) is -0.299. The van der Waals surface area contributed by atoms with Gasteiger partial charge in [-0.3, -0.25) is 9.59 Å². The number of rotatable bonds is 5. The normalized spacial score (nSPS) is 14.8. The van der Waals surface area contributed by atoms with Gasteiger partial charge in [-0.15, -0.1) is 0 Å². The predicted molar refractivity (Wildman–Crippen MR) is 129 cm³/mol. The molecule has 1 aromatic heterocycles. The van der Waals surface area contributed by atoms with E-state index in [4.69, 9.17) is 23.4 Å². The summed E-state index contributed by atoms with van der Waals surface area (Å²) in [6, 6.07) is 12.3. The molecule has 5 rings (SSSR count). The summed E-state index contributed by atoms with van der Waals surface area (Å²) in [5.41, 5.74) is 0.996. The zero-order valence-corrected chi connectivity index (χ0v) is 19.7. The smallest absolute Gasteiger partial charge is 0.312 e. The van der Waals surface area contributed by atoms with E-state index in [0.29, 0.717) is 28.2 Å². The summed E-state index contributed by atoms with van der Waals surface area (Å²) in [7, 11) is 4.43. The molecular formula is C27H22O9. The largest absolute Gasteiger partial charge is 0.507 e. The monoisotopic (exact) mass is 490 g/mol. The van der Waals surface area contributed by atoms with Gasteiger partial charge in [0, 0.05) is 34.7 Å². The number of methoxy groups -OCH3 is 3. The van der Waals surface area contributed by atoms with Crippen LogP contribution < -0.4 is 24.4 Å². The molecule has 9 heteroatoms.